The molecule has 7 heteroatoms. The molecule has 0 saturated heterocycles. The summed E-state index contributed by atoms with van der Waals surface area (Å²) in [6.07, 6.45) is 0. The molecule has 1 atom stereocenters. The van der Waals surface area contributed by atoms with E-state index in [1.807, 2.05) is 0 Å². The van der Waals surface area contributed by atoms with Crippen LogP contribution in [-0.4, -0.2) is 46.4 Å². The standard InChI is InChI=1S/C14H13NO6/c1-3-21-14(20)7(2)15-11(16)9-5-4-8(13(18)19)6-10(9)12(15)17/h4-7H,3H2,1-2H3,(H,18,19). The number of imide groups is 1. The summed E-state index contributed by atoms with van der Waals surface area (Å²) in [5.74, 6) is -3.22. The lowest BCUT2D eigenvalue weighted by Crippen LogP contribution is -2.43. The van der Waals surface area contributed by atoms with Gasteiger partial charge in [0.15, 0.2) is 0 Å². The first kappa shape index (κ1) is 14.7. The van der Waals surface area contributed by atoms with Crippen LogP contribution >= 0.6 is 0 Å². The maximum atomic E-state index is 12.2. The van der Waals surface area contributed by atoms with Crippen LogP contribution < -0.4 is 0 Å². The van der Waals surface area contributed by atoms with E-state index in [1.54, 1.807) is 6.92 Å². The number of carbonyl (C=O) groups excluding carboxylic acids is 3. The molecule has 1 unspecified atom stereocenters. The summed E-state index contributed by atoms with van der Waals surface area (Å²) in [6, 6.07) is 2.59. The van der Waals surface area contributed by atoms with Crippen LogP contribution in [0.5, 0.6) is 0 Å². The Morgan fingerprint density at radius 3 is 2.43 bits per heavy atom. The molecule has 21 heavy (non-hydrogen) atoms. The normalized spacial score (nSPS) is 14.9. The molecule has 0 spiro atoms. The molecule has 1 aromatic rings. The van der Waals surface area contributed by atoms with Crippen LogP contribution in [-0.2, 0) is 9.53 Å². The summed E-state index contributed by atoms with van der Waals surface area (Å²) in [4.78, 5) is 47.8. The third-order valence-corrected chi connectivity index (χ3v) is 3.18. The zero-order valence-electron chi connectivity index (χ0n) is 11.5. The van der Waals surface area contributed by atoms with Crippen molar-refractivity contribution in [3.05, 3.63) is 34.9 Å². The van der Waals surface area contributed by atoms with Crippen molar-refractivity contribution < 1.29 is 29.0 Å². The van der Waals surface area contributed by atoms with Crippen LogP contribution in [0.2, 0.25) is 0 Å². The highest BCUT2D eigenvalue weighted by molar-refractivity contribution is 6.23. The highest BCUT2D eigenvalue weighted by Crippen LogP contribution is 2.26. The number of hydrogen-bond acceptors (Lipinski definition) is 5. The van der Waals surface area contributed by atoms with Gasteiger partial charge in [-0.05, 0) is 32.0 Å². The van der Waals surface area contributed by atoms with Crippen LogP contribution in [0.1, 0.15) is 44.9 Å². The van der Waals surface area contributed by atoms with Crippen molar-refractivity contribution in [3.8, 4) is 0 Å². The number of hydrogen-bond donors (Lipinski definition) is 1. The number of amides is 2. The van der Waals surface area contributed by atoms with Gasteiger partial charge >= 0.3 is 11.9 Å². The zero-order valence-corrected chi connectivity index (χ0v) is 11.5. The minimum absolute atomic E-state index is 0.0175. The number of benzene rings is 1. The fourth-order valence-electron chi connectivity index (χ4n) is 2.11. The highest BCUT2D eigenvalue weighted by Gasteiger charge is 2.41. The van der Waals surface area contributed by atoms with Gasteiger partial charge in [-0.15, -0.1) is 0 Å². The van der Waals surface area contributed by atoms with E-state index >= 15 is 0 Å². The number of rotatable bonds is 4. The Morgan fingerprint density at radius 1 is 1.24 bits per heavy atom. The quantitative estimate of drug-likeness (QED) is 0.654. The van der Waals surface area contributed by atoms with Gasteiger partial charge in [0.25, 0.3) is 11.8 Å². The van der Waals surface area contributed by atoms with Crippen molar-refractivity contribution in [1.29, 1.82) is 0 Å². The Hall–Kier alpha value is -2.70. The second kappa shape index (κ2) is 5.35. The summed E-state index contributed by atoms with van der Waals surface area (Å²) < 4.78 is 4.79. The third kappa shape index (κ3) is 2.37. The van der Waals surface area contributed by atoms with Crippen LogP contribution in [0.3, 0.4) is 0 Å². The Bertz CT molecular complexity index is 651. The fraction of sp³-hybridized carbons (Fsp3) is 0.286. The van der Waals surface area contributed by atoms with Gasteiger partial charge in [0.1, 0.15) is 6.04 Å². The van der Waals surface area contributed by atoms with Crippen LogP contribution in [0, 0.1) is 0 Å². The van der Waals surface area contributed by atoms with Gasteiger partial charge in [0.05, 0.1) is 23.3 Å². The highest BCUT2D eigenvalue weighted by atomic mass is 16.5. The number of carbonyl (C=O) groups is 4. The molecule has 0 saturated carbocycles. The number of carboxylic acid groups (broad SMARTS) is 1. The average Bonchev–Trinajstić information content (AvgIpc) is 2.70. The first-order chi connectivity index (χ1) is 9.88. The molecule has 0 aliphatic carbocycles. The monoisotopic (exact) mass is 291 g/mol. The summed E-state index contributed by atoms with van der Waals surface area (Å²) in [7, 11) is 0. The van der Waals surface area contributed by atoms with Crippen molar-refractivity contribution in [2.45, 2.75) is 19.9 Å². The molecule has 1 aliphatic heterocycles. The lowest BCUT2D eigenvalue weighted by molar-refractivity contribution is -0.147. The van der Waals surface area contributed by atoms with E-state index in [4.69, 9.17) is 9.84 Å². The van der Waals surface area contributed by atoms with Crippen molar-refractivity contribution >= 4 is 23.8 Å². The summed E-state index contributed by atoms with van der Waals surface area (Å²) in [5, 5.41) is 8.92. The molecule has 1 heterocycles. The summed E-state index contributed by atoms with van der Waals surface area (Å²) >= 11 is 0. The molecular weight excluding hydrogens is 278 g/mol. The zero-order chi connectivity index (χ0) is 15.7. The first-order valence-corrected chi connectivity index (χ1v) is 6.30. The Morgan fingerprint density at radius 2 is 1.86 bits per heavy atom. The van der Waals surface area contributed by atoms with Gasteiger partial charge in [-0.1, -0.05) is 0 Å². The molecule has 1 N–H and O–H groups in total. The molecule has 0 radical (unpaired) electrons. The van der Waals surface area contributed by atoms with Crippen LogP contribution in [0.4, 0.5) is 0 Å². The minimum atomic E-state index is -1.20. The van der Waals surface area contributed by atoms with Gasteiger partial charge in [-0.2, -0.15) is 0 Å². The van der Waals surface area contributed by atoms with E-state index in [2.05, 4.69) is 0 Å². The molecule has 0 fully saturated rings. The molecule has 2 rings (SSSR count). The number of ether oxygens (including phenoxy) is 1. The third-order valence-electron chi connectivity index (χ3n) is 3.18. The number of carboxylic acids is 1. The van der Waals surface area contributed by atoms with Crippen LogP contribution in [0.15, 0.2) is 18.2 Å². The molecular formula is C14H13NO6. The van der Waals surface area contributed by atoms with E-state index < -0.39 is 29.8 Å². The largest absolute Gasteiger partial charge is 0.478 e. The van der Waals surface area contributed by atoms with Crippen molar-refractivity contribution in [2.75, 3.05) is 6.61 Å². The van der Waals surface area contributed by atoms with Gasteiger partial charge in [0, 0.05) is 0 Å². The predicted octanol–water partition coefficient (Wildman–Crippen LogP) is 0.932. The molecule has 1 aromatic carbocycles. The van der Waals surface area contributed by atoms with E-state index in [-0.39, 0.29) is 23.3 Å². The number of fused-ring (bicyclic) bond motifs is 1. The second-order valence-electron chi connectivity index (χ2n) is 4.47. The topological polar surface area (TPSA) is 101 Å². The summed E-state index contributed by atoms with van der Waals surface area (Å²) in [5.41, 5.74) is -0.0299. The van der Waals surface area contributed by atoms with E-state index in [0.29, 0.717) is 0 Å². The SMILES string of the molecule is CCOC(=O)C(C)N1C(=O)c2ccc(C(=O)O)cc2C1=O. The first-order valence-electron chi connectivity index (χ1n) is 6.30. The Labute approximate surface area is 120 Å². The molecule has 1 aliphatic rings. The van der Waals surface area contributed by atoms with Gasteiger partial charge in [-0.25, -0.2) is 9.59 Å². The minimum Gasteiger partial charge on any atom is -0.478 e. The smallest absolute Gasteiger partial charge is 0.335 e. The van der Waals surface area contributed by atoms with E-state index in [0.717, 1.165) is 11.0 Å². The molecule has 0 bridgehead atoms. The second-order valence-corrected chi connectivity index (χ2v) is 4.47. The maximum Gasteiger partial charge on any atom is 0.335 e. The van der Waals surface area contributed by atoms with Crippen molar-refractivity contribution in [2.24, 2.45) is 0 Å². The average molecular weight is 291 g/mol. The lowest BCUT2D eigenvalue weighted by atomic mass is 10.1. The molecule has 0 aromatic heterocycles. The Kier molecular flexibility index (Phi) is 3.75. The van der Waals surface area contributed by atoms with Crippen molar-refractivity contribution in [3.63, 3.8) is 0 Å². The number of esters is 1. The number of aromatic carboxylic acids is 1. The van der Waals surface area contributed by atoms with Gasteiger partial charge in [0.2, 0.25) is 0 Å². The van der Waals surface area contributed by atoms with Crippen LogP contribution in [0.25, 0.3) is 0 Å². The fourth-order valence-corrected chi connectivity index (χ4v) is 2.11. The predicted molar refractivity (Wildman–Crippen MR) is 70.0 cm³/mol. The van der Waals surface area contributed by atoms with Gasteiger partial charge < -0.3 is 9.84 Å². The van der Waals surface area contributed by atoms with E-state index in [9.17, 15) is 19.2 Å². The van der Waals surface area contributed by atoms with Crippen molar-refractivity contribution in [1.82, 2.24) is 4.90 Å². The van der Waals surface area contributed by atoms with E-state index in [1.165, 1.54) is 19.1 Å². The number of nitrogens with zero attached hydrogens (tertiary/aromatic N) is 1. The Balaban J connectivity index is 2.38. The molecule has 2 amide bonds. The molecule has 7 nitrogen and oxygen atoms in total. The lowest BCUT2D eigenvalue weighted by Gasteiger charge is -2.20. The molecule has 110 valence electrons. The van der Waals surface area contributed by atoms with Gasteiger partial charge in [-0.3, -0.25) is 14.5 Å². The maximum absolute atomic E-state index is 12.2. The summed E-state index contributed by atoms with van der Waals surface area (Å²) in [6.45, 7) is 3.14.